The second-order valence-electron chi connectivity index (χ2n) is 3.80. The Kier molecular flexibility index (Phi) is 3.38. The van der Waals surface area contributed by atoms with Gasteiger partial charge in [-0.05, 0) is 13.0 Å². The Morgan fingerprint density at radius 2 is 2.26 bits per heavy atom. The van der Waals surface area contributed by atoms with Gasteiger partial charge in [0, 0.05) is 11.9 Å². The van der Waals surface area contributed by atoms with Gasteiger partial charge in [0.2, 0.25) is 5.82 Å². The van der Waals surface area contributed by atoms with E-state index < -0.39 is 24.5 Å². The van der Waals surface area contributed by atoms with Crippen LogP contribution >= 0.6 is 0 Å². The Hall–Kier alpha value is -2.55. The highest BCUT2D eigenvalue weighted by Crippen LogP contribution is 2.01. The third kappa shape index (κ3) is 2.65. The molecule has 0 saturated carbocycles. The molecule has 0 aliphatic carbocycles. The summed E-state index contributed by atoms with van der Waals surface area (Å²) in [7, 11) is 0. The monoisotopic (exact) mass is 265 g/mol. The van der Waals surface area contributed by atoms with Crippen molar-refractivity contribution in [1.29, 1.82) is 0 Å². The number of aromatic nitrogens is 4. The Bertz CT molecular complexity index is 638. The number of aliphatic hydroxyl groups is 1. The fourth-order valence-electron chi connectivity index (χ4n) is 1.36. The fourth-order valence-corrected chi connectivity index (χ4v) is 1.36. The fraction of sp³-hybridized carbons (Fsp3) is 0.300. The highest BCUT2D eigenvalue weighted by Gasteiger charge is 2.18. The minimum Gasteiger partial charge on any atom is -0.479 e. The molecule has 2 rings (SSSR count). The first-order chi connectivity index (χ1) is 8.99. The molecule has 0 fully saturated rings. The van der Waals surface area contributed by atoms with Gasteiger partial charge in [-0.3, -0.25) is 4.79 Å². The zero-order valence-electron chi connectivity index (χ0n) is 9.94. The van der Waals surface area contributed by atoms with Crippen molar-refractivity contribution in [3.63, 3.8) is 0 Å². The number of carbonyl (C=O) groups is 2. The molecular formula is C10H11N5O4. The molecule has 0 bridgehead atoms. The molecule has 0 aliphatic rings. The van der Waals surface area contributed by atoms with Gasteiger partial charge >= 0.3 is 5.97 Å². The van der Waals surface area contributed by atoms with Crippen LogP contribution in [0.25, 0.3) is 5.78 Å². The van der Waals surface area contributed by atoms with E-state index >= 15 is 0 Å². The Morgan fingerprint density at radius 1 is 1.53 bits per heavy atom. The van der Waals surface area contributed by atoms with Crippen molar-refractivity contribution in [2.45, 2.75) is 13.0 Å². The third-order valence-electron chi connectivity index (χ3n) is 2.37. The Balaban J connectivity index is 2.14. The third-order valence-corrected chi connectivity index (χ3v) is 2.37. The summed E-state index contributed by atoms with van der Waals surface area (Å²) in [6.07, 6.45) is -0.129. The molecular weight excluding hydrogens is 254 g/mol. The zero-order chi connectivity index (χ0) is 14.0. The van der Waals surface area contributed by atoms with Crippen LogP contribution in [0, 0.1) is 6.92 Å². The van der Waals surface area contributed by atoms with Crippen molar-refractivity contribution in [2.75, 3.05) is 6.54 Å². The van der Waals surface area contributed by atoms with E-state index in [0.717, 1.165) is 5.69 Å². The molecule has 0 aliphatic heterocycles. The largest absolute Gasteiger partial charge is 0.479 e. The van der Waals surface area contributed by atoms with E-state index in [1.165, 1.54) is 10.7 Å². The summed E-state index contributed by atoms with van der Waals surface area (Å²) >= 11 is 0. The highest BCUT2D eigenvalue weighted by atomic mass is 16.4. The molecule has 2 aromatic rings. The lowest BCUT2D eigenvalue weighted by Crippen LogP contribution is -2.36. The van der Waals surface area contributed by atoms with Gasteiger partial charge in [0.25, 0.3) is 11.7 Å². The summed E-state index contributed by atoms with van der Waals surface area (Å²) in [6, 6.07) is 1.71. The Morgan fingerprint density at radius 3 is 2.89 bits per heavy atom. The minimum atomic E-state index is -1.67. The van der Waals surface area contributed by atoms with Crippen molar-refractivity contribution in [1.82, 2.24) is 24.9 Å². The van der Waals surface area contributed by atoms with Crippen molar-refractivity contribution in [3.05, 3.63) is 23.8 Å². The van der Waals surface area contributed by atoms with Crippen LogP contribution in [0.2, 0.25) is 0 Å². The summed E-state index contributed by atoms with van der Waals surface area (Å²) in [5, 5.41) is 23.7. The first-order valence-electron chi connectivity index (χ1n) is 5.36. The first kappa shape index (κ1) is 12.9. The zero-order valence-corrected chi connectivity index (χ0v) is 9.94. The molecule has 0 radical (unpaired) electrons. The smallest absolute Gasteiger partial charge is 0.334 e. The van der Waals surface area contributed by atoms with Crippen LogP contribution in [0.3, 0.4) is 0 Å². The molecule has 0 unspecified atom stereocenters. The maximum absolute atomic E-state index is 11.7. The molecule has 2 heterocycles. The lowest BCUT2D eigenvalue weighted by atomic mass is 10.3. The van der Waals surface area contributed by atoms with Crippen LogP contribution in [-0.2, 0) is 4.79 Å². The number of carbonyl (C=O) groups excluding carboxylic acids is 1. The average Bonchev–Trinajstić information content (AvgIpc) is 2.80. The normalized spacial score (nSPS) is 12.3. The lowest BCUT2D eigenvalue weighted by Gasteiger charge is -2.05. The standard InChI is InChI=1S/C10H11N5O4/c1-5-2-3-11-10-13-7(14-15(5)10)8(17)12-4-6(16)9(18)19/h2-3,6,16H,4H2,1H3,(H,12,17)(H,18,19)/t6-/m0/s1. The number of carboxylic acid groups (broad SMARTS) is 1. The predicted molar refractivity (Wildman–Crippen MR) is 61.5 cm³/mol. The van der Waals surface area contributed by atoms with Gasteiger partial charge in [-0.1, -0.05) is 0 Å². The molecule has 9 nitrogen and oxygen atoms in total. The van der Waals surface area contributed by atoms with Gasteiger partial charge in [0.15, 0.2) is 6.10 Å². The number of nitrogens with zero attached hydrogens (tertiary/aromatic N) is 4. The number of fused-ring (bicyclic) bond motifs is 1. The molecule has 0 saturated heterocycles. The molecule has 2 aromatic heterocycles. The van der Waals surface area contributed by atoms with Crippen LogP contribution in [0.5, 0.6) is 0 Å². The first-order valence-corrected chi connectivity index (χ1v) is 5.36. The number of amides is 1. The Labute approximate surface area is 106 Å². The van der Waals surface area contributed by atoms with Crippen LogP contribution < -0.4 is 5.32 Å². The lowest BCUT2D eigenvalue weighted by molar-refractivity contribution is -0.146. The van der Waals surface area contributed by atoms with Crippen molar-refractivity contribution >= 4 is 17.7 Å². The molecule has 100 valence electrons. The van der Waals surface area contributed by atoms with E-state index in [2.05, 4.69) is 20.4 Å². The van der Waals surface area contributed by atoms with Gasteiger partial charge in [0.1, 0.15) is 0 Å². The summed E-state index contributed by atoms with van der Waals surface area (Å²) in [5.41, 5.74) is 0.752. The number of hydrogen-bond acceptors (Lipinski definition) is 6. The van der Waals surface area contributed by atoms with Crippen molar-refractivity contribution in [3.8, 4) is 0 Å². The quantitative estimate of drug-likeness (QED) is 0.620. The van der Waals surface area contributed by atoms with E-state index in [0.29, 0.717) is 0 Å². The molecule has 3 N–H and O–H groups in total. The molecule has 1 amide bonds. The van der Waals surface area contributed by atoms with Gasteiger partial charge in [-0.25, -0.2) is 14.3 Å². The maximum atomic E-state index is 11.7. The van der Waals surface area contributed by atoms with Gasteiger partial charge in [-0.2, -0.15) is 4.98 Å². The molecule has 0 spiro atoms. The van der Waals surface area contributed by atoms with E-state index in [4.69, 9.17) is 10.2 Å². The van der Waals surface area contributed by atoms with Crippen molar-refractivity contribution < 1.29 is 19.8 Å². The van der Waals surface area contributed by atoms with E-state index in [9.17, 15) is 9.59 Å². The average molecular weight is 265 g/mol. The maximum Gasteiger partial charge on any atom is 0.334 e. The summed E-state index contributed by atoms with van der Waals surface area (Å²) in [4.78, 5) is 29.9. The number of aliphatic hydroxyl groups excluding tert-OH is 1. The van der Waals surface area contributed by atoms with Crippen molar-refractivity contribution in [2.24, 2.45) is 0 Å². The molecule has 19 heavy (non-hydrogen) atoms. The SMILES string of the molecule is Cc1ccnc2nc(C(=O)NC[C@H](O)C(=O)O)nn12. The van der Waals surface area contributed by atoms with E-state index in [-0.39, 0.29) is 11.6 Å². The second-order valence-corrected chi connectivity index (χ2v) is 3.80. The number of carboxylic acids is 1. The molecule has 1 atom stereocenters. The van der Waals surface area contributed by atoms with Crippen LogP contribution in [0.1, 0.15) is 16.3 Å². The number of aryl methyl sites for hydroxylation is 1. The van der Waals surface area contributed by atoms with Crippen LogP contribution in [-0.4, -0.2) is 54.3 Å². The van der Waals surface area contributed by atoms with Gasteiger partial charge < -0.3 is 15.5 Å². The van der Waals surface area contributed by atoms with E-state index in [1.807, 2.05) is 0 Å². The topological polar surface area (TPSA) is 130 Å². The highest BCUT2D eigenvalue weighted by molar-refractivity contribution is 5.91. The number of rotatable bonds is 4. The van der Waals surface area contributed by atoms with Gasteiger partial charge in [0.05, 0.1) is 6.54 Å². The number of hydrogen-bond donors (Lipinski definition) is 3. The number of nitrogens with one attached hydrogen (secondary N) is 1. The van der Waals surface area contributed by atoms with Crippen LogP contribution in [0.4, 0.5) is 0 Å². The molecule has 9 heteroatoms. The predicted octanol–water partition coefficient (Wildman–Crippen LogP) is -1.39. The van der Waals surface area contributed by atoms with Gasteiger partial charge in [-0.15, -0.1) is 5.10 Å². The summed E-state index contributed by atoms with van der Waals surface area (Å²) in [5.74, 6) is -1.96. The van der Waals surface area contributed by atoms with Crippen LogP contribution in [0.15, 0.2) is 12.3 Å². The second kappa shape index (κ2) is 4.98. The van der Waals surface area contributed by atoms with E-state index in [1.54, 1.807) is 13.0 Å². The minimum absolute atomic E-state index is 0.139. The number of aliphatic carboxylic acids is 1. The summed E-state index contributed by atoms with van der Waals surface area (Å²) < 4.78 is 1.39. The molecule has 0 aromatic carbocycles. The summed E-state index contributed by atoms with van der Waals surface area (Å²) in [6.45, 7) is 1.36.